The van der Waals surface area contributed by atoms with Crippen molar-refractivity contribution in [2.75, 3.05) is 11.5 Å². The van der Waals surface area contributed by atoms with Crippen LogP contribution in [0.3, 0.4) is 0 Å². The van der Waals surface area contributed by atoms with E-state index in [1.54, 1.807) is 24.3 Å². The minimum atomic E-state index is -3.81. The first-order valence-electron chi connectivity index (χ1n) is 8.24. The number of sulfone groups is 2. The van der Waals surface area contributed by atoms with Crippen molar-refractivity contribution in [1.29, 1.82) is 0 Å². The van der Waals surface area contributed by atoms with Crippen molar-refractivity contribution in [1.82, 2.24) is 5.32 Å². The average Bonchev–Trinajstić information content (AvgIpc) is 3.02. The van der Waals surface area contributed by atoms with Crippen molar-refractivity contribution in [2.24, 2.45) is 0 Å². The smallest absolute Gasteiger partial charge is 0.251 e. The lowest BCUT2D eigenvalue weighted by Gasteiger charge is -2.11. The van der Waals surface area contributed by atoms with E-state index in [1.807, 2.05) is 0 Å². The highest BCUT2D eigenvalue weighted by atomic mass is 35.5. The second-order valence-corrected chi connectivity index (χ2v) is 11.3. The Morgan fingerprint density at radius 2 is 1.85 bits per heavy atom. The molecular formula is C18H18ClNO5S2. The van der Waals surface area contributed by atoms with Crippen LogP contribution in [0.25, 0.3) is 0 Å². The monoisotopic (exact) mass is 427 g/mol. The number of rotatable bonds is 5. The van der Waals surface area contributed by atoms with Crippen LogP contribution in [0.1, 0.15) is 22.3 Å². The fraction of sp³-hybridized carbons (Fsp3) is 0.278. The van der Waals surface area contributed by atoms with Gasteiger partial charge in [-0.2, -0.15) is 0 Å². The zero-order chi connectivity index (χ0) is 19.7. The second kappa shape index (κ2) is 7.61. The molecule has 27 heavy (non-hydrogen) atoms. The molecule has 6 nitrogen and oxygen atoms in total. The summed E-state index contributed by atoms with van der Waals surface area (Å²) < 4.78 is 48.6. The summed E-state index contributed by atoms with van der Waals surface area (Å²) in [5.41, 5.74) is 1.05. The Morgan fingerprint density at radius 3 is 2.48 bits per heavy atom. The molecule has 9 heteroatoms. The Kier molecular flexibility index (Phi) is 5.60. The molecular weight excluding hydrogens is 410 g/mol. The van der Waals surface area contributed by atoms with Crippen LogP contribution >= 0.6 is 11.6 Å². The topological polar surface area (TPSA) is 97.4 Å². The Balaban J connectivity index is 1.74. The summed E-state index contributed by atoms with van der Waals surface area (Å²) in [7, 11) is -7.13. The van der Waals surface area contributed by atoms with Gasteiger partial charge in [0.25, 0.3) is 5.91 Å². The van der Waals surface area contributed by atoms with E-state index in [0.29, 0.717) is 5.02 Å². The molecule has 0 aromatic heterocycles. The Morgan fingerprint density at radius 1 is 1.15 bits per heavy atom. The summed E-state index contributed by atoms with van der Waals surface area (Å²) in [6.45, 7) is 0.272. The molecule has 1 aliphatic heterocycles. The largest absolute Gasteiger partial charge is 0.348 e. The molecule has 1 aliphatic rings. The van der Waals surface area contributed by atoms with Gasteiger partial charge in [-0.25, -0.2) is 16.8 Å². The molecule has 0 radical (unpaired) electrons. The van der Waals surface area contributed by atoms with E-state index < -0.39 is 30.8 Å². The van der Waals surface area contributed by atoms with Gasteiger partial charge in [0.05, 0.1) is 21.7 Å². The maximum absolute atomic E-state index is 12.7. The van der Waals surface area contributed by atoms with Crippen LogP contribution < -0.4 is 5.32 Å². The maximum Gasteiger partial charge on any atom is 0.251 e. The summed E-state index contributed by atoms with van der Waals surface area (Å²) in [6.07, 6.45) is 0.0810. The van der Waals surface area contributed by atoms with Crippen molar-refractivity contribution < 1.29 is 21.6 Å². The number of hydrogen-bond acceptors (Lipinski definition) is 5. The molecule has 0 aliphatic carbocycles. The summed E-state index contributed by atoms with van der Waals surface area (Å²) in [5.74, 6) is -0.915. The Hall–Kier alpha value is -1.90. The standard InChI is InChI=1S/C18H18ClNO5S2/c19-15-6-4-13(5-7-15)11-20-18(21)14-2-1-3-16(10-14)27(24,25)17-8-9-26(22,23)12-17/h1-7,10,17H,8-9,11-12H2,(H,20,21)/t17-/m0/s1. The van der Waals surface area contributed by atoms with E-state index in [2.05, 4.69) is 5.32 Å². The molecule has 1 saturated heterocycles. The van der Waals surface area contributed by atoms with Crippen LogP contribution in [0.15, 0.2) is 53.4 Å². The Bertz CT molecular complexity index is 1060. The fourth-order valence-corrected chi connectivity index (χ4v) is 7.43. The van der Waals surface area contributed by atoms with Gasteiger partial charge in [-0.15, -0.1) is 0 Å². The van der Waals surface area contributed by atoms with E-state index >= 15 is 0 Å². The van der Waals surface area contributed by atoms with Gasteiger partial charge in [-0.05, 0) is 42.3 Å². The van der Waals surface area contributed by atoms with Gasteiger partial charge in [0.2, 0.25) is 0 Å². The molecule has 0 saturated carbocycles. The van der Waals surface area contributed by atoms with Gasteiger partial charge in [0.1, 0.15) is 0 Å². The molecule has 3 rings (SSSR count). The number of benzene rings is 2. The van der Waals surface area contributed by atoms with Crippen molar-refractivity contribution in [3.05, 3.63) is 64.7 Å². The lowest BCUT2D eigenvalue weighted by molar-refractivity contribution is 0.0950. The van der Waals surface area contributed by atoms with E-state index in [-0.39, 0.29) is 34.9 Å². The molecule has 0 spiro atoms. The highest BCUT2D eigenvalue weighted by Gasteiger charge is 2.38. The molecule has 1 N–H and O–H groups in total. The minimum absolute atomic E-state index is 0.0382. The third kappa shape index (κ3) is 4.69. The first kappa shape index (κ1) is 19.9. The van der Waals surface area contributed by atoms with E-state index in [9.17, 15) is 21.6 Å². The third-order valence-electron chi connectivity index (χ3n) is 4.42. The van der Waals surface area contributed by atoms with Gasteiger partial charge in [0, 0.05) is 17.1 Å². The first-order valence-corrected chi connectivity index (χ1v) is 12.0. The zero-order valence-corrected chi connectivity index (χ0v) is 16.6. The molecule has 1 heterocycles. The van der Waals surface area contributed by atoms with Crippen LogP contribution in [0.5, 0.6) is 0 Å². The van der Waals surface area contributed by atoms with Crippen LogP contribution in [-0.4, -0.2) is 39.5 Å². The predicted octanol–water partition coefficient (Wildman–Crippen LogP) is 2.23. The van der Waals surface area contributed by atoms with E-state index in [1.165, 1.54) is 24.3 Å². The normalized spacial score (nSPS) is 18.9. The maximum atomic E-state index is 12.7. The zero-order valence-electron chi connectivity index (χ0n) is 14.3. The fourth-order valence-electron chi connectivity index (χ4n) is 2.90. The number of carbonyl (C=O) groups is 1. The SMILES string of the molecule is O=C(NCc1ccc(Cl)cc1)c1cccc(S(=O)(=O)[C@H]2CCS(=O)(=O)C2)c1. The van der Waals surface area contributed by atoms with Gasteiger partial charge in [0.15, 0.2) is 19.7 Å². The molecule has 1 fully saturated rings. The van der Waals surface area contributed by atoms with Crippen molar-refractivity contribution in [2.45, 2.75) is 23.1 Å². The van der Waals surface area contributed by atoms with Gasteiger partial charge in [-0.1, -0.05) is 29.8 Å². The molecule has 0 unspecified atom stereocenters. The number of carbonyl (C=O) groups excluding carboxylic acids is 1. The second-order valence-electron chi connectivity index (χ2n) is 6.41. The summed E-state index contributed by atoms with van der Waals surface area (Å²) in [4.78, 5) is 12.3. The van der Waals surface area contributed by atoms with Crippen molar-refractivity contribution in [3.8, 4) is 0 Å². The van der Waals surface area contributed by atoms with Crippen LogP contribution in [0.2, 0.25) is 5.02 Å². The first-order chi connectivity index (χ1) is 12.7. The van der Waals surface area contributed by atoms with Crippen LogP contribution in [0.4, 0.5) is 0 Å². The van der Waals surface area contributed by atoms with Crippen LogP contribution in [-0.2, 0) is 26.2 Å². The highest BCUT2D eigenvalue weighted by molar-refractivity contribution is 7.96. The summed E-state index contributed by atoms with van der Waals surface area (Å²) >= 11 is 5.82. The molecule has 1 atom stereocenters. The van der Waals surface area contributed by atoms with Crippen molar-refractivity contribution in [3.63, 3.8) is 0 Å². The number of hydrogen-bond donors (Lipinski definition) is 1. The lowest BCUT2D eigenvalue weighted by atomic mass is 10.2. The Labute approximate surface area is 163 Å². The van der Waals surface area contributed by atoms with Gasteiger partial charge < -0.3 is 5.32 Å². The molecule has 2 aromatic carbocycles. The predicted molar refractivity (Wildman–Crippen MR) is 103 cm³/mol. The summed E-state index contributed by atoms with van der Waals surface area (Å²) in [6, 6.07) is 12.7. The highest BCUT2D eigenvalue weighted by Crippen LogP contribution is 2.26. The molecule has 1 amide bonds. The van der Waals surface area contributed by atoms with E-state index in [4.69, 9.17) is 11.6 Å². The number of amides is 1. The molecule has 0 bridgehead atoms. The van der Waals surface area contributed by atoms with Crippen molar-refractivity contribution >= 4 is 37.2 Å². The third-order valence-corrected chi connectivity index (χ3v) is 8.84. The molecule has 2 aromatic rings. The average molecular weight is 428 g/mol. The van der Waals surface area contributed by atoms with Crippen LogP contribution in [0, 0.1) is 0 Å². The minimum Gasteiger partial charge on any atom is -0.348 e. The number of nitrogens with one attached hydrogen (secondary N) is 1. The number of halogens is 1. The quantitative estimate of drug-likeness (QED) is 0.789. The molecule has 144 valence electrons. The lowest BCUT2D eigenvalue weighted by Crippen LogP contribution is -2.25. The van der Waals surface area contributed by atoms with Gasteiger partial charge >= 0.3 is 0 Å². The summed E-state index contributed by atoms with van der Waals surface area (Å²) in [5, 5.41) is 2.35. The van der Waals surface area contributed by atoms with Gasteiger partial charge in [-0.3, -0.25) is 4.79 Å². The van der Waals surface area contributed by atoms with E-state index in [0.717, 1.165) is 5.56 Å².